The maximum Gasteiger partial charge on any atom is 0.243 e. The zero-order chi connectivity index (χ0) is 14.2. The molecule has 2 aromatic rings. The molecule has 0 saturated heterocycles. The van der Waals surface area contributed by atoms with Crippen LogP contribution in [0.25, 0.3) is 5.65 Å². The molecule has 3 rings (SSSR count). The van der Waals surface area contributed by atoms with E-state index in [2.05, 4.69) is 22.3 Å². The third kappa shape index (κ3) is 2.63. The molecule has 2 heterocycles. The van der Waals surface area contributed by atoms with Gasteiger partial charge in [0.15, 0.2) is 5.65 Å². The lowest BCUT2D eigenvalue weighted by molar-refractivity contribution is 0.00488. The molecule has 0 aliphatic heterocycles. The number of aromatic nitrogens is 3. The largest absolute Gasteiger partial charge is 0.388 e. The van der Waals surface area contributed by atoms with Gasteiger partial charge < -0.3 is 10.4 Å². The van der Waals surface area contributed by atoms with E-state index in [1.54, 1.807) is 4.52 Å². The average Bonchev–Trinajstić information content (AvgIpc) is 2.85. The van der Waals surface area contributed by atoms with Gasteiger partial charge in [-0.1, -0.05) is 13.0 Å². The van der Waals surface area contributed by atoms with Gasteiger partial charge in [-0.05, 0) is 50.2 Å². The first-order valence-corrected chi connectivity index (χ1v) is 7.34. The van der Waals surface area contributed by atoms with Crippen LogP contribution in [0.5, 0.6) is 0 Å². The van der Waals surface area contributed by atoms with E-state index < -0.39 is 5.60 Å². The van der Waals surface area contributed by atoms with Crippen molar-refractivity contribution in [2.75, 3.05) is 11.9 Å². The topological polar surface area (TPSA) is 62.5 Å². The average molecular weight is 274 g/mol. The quantitative estimate of drug-likeness (QED) is 0.902. The van der Waals surface area contributed by atoms with Gasteiger partial charge in [0, 0.05) is 12.7 Å². The maximum atomic E-state index is 10.6. The lowest BCUT2D eigenvalue weighted by Gasteiger charge is -2.34. The molecule has 1 fully saturated rings. The van der Waals surface area contributed by atoms with Crippen LogP contribution in [-0.2, 0) is 0 Å². The van der Waals surface area contributed by atoms with Crippen molar-refractivity contribution in [3.63, 3.8) is 0 Å². The minimum atomic E-state index is -0.612. The second-order valence-corrected chi connectivity index (χ2v) is 6.16. The van der Waals surface area contributed by atoms with E-state index >= 15 is 0 Å². The predicted molar refractivity (Wildman–Crippen MR) is 78.8 cm³/mol. The molecule has 0 amide bonds. The summed E-state index contributed by atoms with van der Waals surface area (Å²) < 4.78 is 1.77. The van der Waals surface area contributed by atoms with E-state index in [9.17, 15) is 5.11 Å². The van der Waals surface area contributed by atoms with Crippen LogP contribution in [0.15, 0.2) is 18.3 Å². The molecule has 1 aliphatic rings. The van der Waals surface area contributed by atoms with Crippen molar-refractivity contribution in [1.82, 2.24) is 14.6 Å². The number of nitrogens with zero attached hydrogens (tertiary/aromatic N) is 3. The zero-order valence-electron chi connectivity index (χ0n) is 12.1. The van der Waals surface area contributed by atoms with Crippen LogP contribution in [0.3, 0.4) is 0 Å². The molecule has 0 atom stereocenters. The van der Waals surface area contributed by atoms with Gasteiger partial charge in [0.1, 0.15) is 0 Å². The van der Waals surface area contributed by atoms with Crippen molar-refractivity contribution < 1.29 is 5.11 Å². The van der Waals surface area contributed by atoms with Crippen molar-refractivity contribution in [2.45, 2.75) is 45.1 Å². The Labute approximate surface area is 119 Å². The second kappa shape index (κ2) is 5.05. The molecule has 2 N–H and O–H groups in total. The summed E-state index contributed by atoms with van der Waals surface area (Å²) in [6, 6.07) is 3.97. The first-order valence-electron chi connectivity index (χ1n) is 7.34. The molecule has 0 spiro atoms. The number of pyridine rings is 1. The van der Waals surface area contributed by atoms with E-state index in [0.29, 0.717) is 12.5 Å². The summed E-state index contributed by atoms with van der Waals surface area (Å²) in [6.07, 6.45) is 5.78. The SMILES string of the molecule is Cc1cccn2nc(NCC3(O)CCC(C)CC3)nc12. The first kappa shape index (κ1) is 13.4. The molecule has 0 unspecified atom stereocenters. The Morgan fingerprint density at radius 3 is 2.90 bits per heavy atom. The van der Waals surface area contributed by atoms with Crippen molar-refractivity contribution in [3.8, 4) is 0 Å². The van der Waals surface area contributed by atoms with Gasteiger partial charge in [-0.2, -0.15) is 4.98 Å². The molecule has 0 bridgehead atoms. The lowest BCUT2D eigenvalue weighted by Crippen LogP contribution is -2.40. The van der Waals surface area contributed by atoms with Gasteiger partial charge >= 0.3 is 0 Å². The summed E-state index contributed by atoms with van der Waals surface area (Å²) in [5.74, 6) is 1.32. The summed E-state index contributed by atoms with van der Waals surface area (Å²) in [6.45, 7) is 4.79. The minimum absolute atomic E-state index is 0.523. The number of fused-ring (bicyclic) bond motifs is 1. The van der Waals surface area contributed by atoms with Gasteiger partial charge in [0.25, 0.3) is 0 Å². The number of aryl methyl sites for hydroxylation is 1. The Balaban J connectivity index is 1.69. The predicted octanol–water partition coefficient (Wildman–Crippen LogP) is 2.39. The van der Waals surface area contributed by atoms with E-state index in [0.717, 1.165) is 42.8 Å². The number of rotatable bonds is 3. The highest BCUT2D eigenvalue weighted by molar-refractivity contribution is 5.49. The normalized spacial score (nSPS) is 26.9. The molecule has 5 heteroatoms. The number of hydrogen-bond acceptors (Lipinski definition) is 4. The Kier molecular flexibility index (Phi) is 3.38. The molecule has 108 valence electrons. The highest BCUT2D eigenvalue weighted by Crippen LogP contribution is 2.31. The van der Waals surface area contributed by atoms with Crippen LogP contribution in [0.1, 0.15) is 38.2 Å². The van der Waals surface area contributed by atoms with Crippen molar-refractivity contribution in [1.29, 1.82) is 0 Å². The third-order valence-corrected chi connectivity index (χ3v) is 4.34. The first-order chi connectivity index (χ1) is 9.56. The molecule has 1 aliphatic carbocycles. The van der Waals surface area contributed by atoms with Gasteiger partial charge in [0.2, 0.25) is 5.95 Å². The van der Waals surface area contributed by atoms with Crippen LogP contribution in [-0.4, -0.2) is 31.9 Å². The molecule has 5 nitrogen and oxygen atoms in total. The fourth-order valence-corrected chi connectivity index (χ4v) is 2.83. The summed E-state index contributed by atoms with van der Waals surface area (Å²) in [4.78, 5) is 4.47. The lowest BCUT2D eigenvalue weighted by atomic mass is 9.79. The van der Waals surface area contributed by atoms with Gasteiger partial charge in [-0.15, -0.1) is 5.10 Å². The number of hydrogen-bond donors (Lipinski definition) is 2. The van der Waals surface area contributed by atoms with Crippen molar-refractivity contribution in [2.24, 2.45) is 5.92 Å². The van der Waals surface area contributed by atoms with Crippen LogP contribution < -0.4 is 5.32 Å². The molecular weight excluding hydrogens is 252 g/mol. The summed E-state index contributed by atoms with van der Waals surface area (Å²) in [7, 11) is 0. The van der Waals surface area contributed by atoms with Crippen molar-refractivity contribution in [3.05, 3.63) is 23.9 Å². The Hall–Kier alpha value is -1.62. The second-order valence-electron chi connectivity index (χ2n) is 6.16. The fourth-order valence-electron chi connectivity index (χ4n) is 2.83. The fraction of sp³-hybridized carbons (Fsp3) is 0.600. The Morgan fingerprint density at radius 1 is 1.45 bits per heavy atom. The molecule has 2 aromatic heterocycles. The molecule has 0 radical (unpaired) electrons. The van der Waals surface area contributed by atoms with Crippen LogP contribution in [0.2, 0.25) is 0 Å². The zero-order valence-corrected chi connectivity index (χ0v) is 12.1. The summed E-state index contributed by atoms with van der Waals surface area (Å²) >= 11 is 0. The van der Waals surface area contributed by atoms with E-state index in [-0.39, 0.29) is 0 Å². The number of anilines is 1. The molecule has 20 heavy (non-hydrogen) atoms. The maximum absolute atomic E-state index is 10.6. The van der Waals surface area contributed by atoms with Gasteiger partial charge in [-0.25, -0.2) is 4.52 Å². The molecule has 0 aromatic carbocycles. The molecular formula is C15H22N4O. The summed E-state index contributed by atoms with van der Waals surface area (Å²) in [5, 5.41) is 18.1. The smallest absolute Gasteiger partial charge is 0.243 e. The van der Waals surface area contributed by atoms with Gasteiger partial charge in [0.05, 0.1) is 5.60 Å². The number of nitrogens with one attached hydrogen (secondary N) is 1. The molecule has 1 saturated carbocycles. The van der Waals surface area contributed by atoms with Crippen LogP contribution in [0.4, 0.5) is 5.95 Å². The number of aliphatic hydroxyl groups is 1. The van der Waals surface area contributed by atoms with E-state index in [1.165, 1.54) is 0 Å². The monoisotopic (exact) mass is 274 g/mol. The highest BCUT2D eigenvalue weighted by atomic mass is 16.3. The highest BCUT2D eigenvalue weighted by Gasteiger charge is 2.31. The third-order valence-electron chi connectivity index (χ3n) is 4.34. The van der Waals surface area contributed by atoms with Crippen molar-refractivity contribution >= 4 is 11.6 Å². The standard InChI is InChI=1S/C15H22N4O/c1-11-5-7-15(20,8-6-11)10-16-14-17-13-12(2)4-3-9-19(13)18-14/h3-4,9,11,20H,5-8,10H2,1-2H3,(H,16,18). The van der Waals surface area contributed by atoms with Crippen LogP contribution in [0, 0.1) is 12.8 Å². The van der Waals surface area contributed by atoms with E-state index in [4.69, 9.17) is 0 Å². The minimum Gasteiger partial charge on any atom is -0.388 e. The van der Waals surface area contributed by atoms with Gasteiger partial charge in [-0.3, -0.25) is 0 Å². The van der Waals surface area contributed by atoms with Crippen LogP contribution >= 0.6 is 0 Å². The summed E-state index contributed by atoms with van der Waals surface area (Å²) in [5.41, 5.74) is 1.34. The van der Waals surface area contributed by atoms with E-state index in [1.807, 2.05) is 25.3 Å². The Morgan fingerprint density at radius 2 is 2.20 bits per heavy atom. The Bertz CT molecular complexity index is 599.